The first-order chi connectivity index (χ1) is 5.36. The third-order valence-electron chi connectivity index (χ3n) is 1.37. The van der Waals surface area contributed by atoms with E-state index in [1.54, 1.807) is 11.3 Å². The van der Waals surface area contributed by atoms with E-state index in [4.69, 9.17) is 0 Å². The Labute approximate surface area is 69.6 Å². The number of carbonyl (C=O) groups excluding carboxylic acids is 1. The van der Waals surface area contributed by atoms with Crippen LogP contribution in [0.25, 0.3) is 0 Å². The second-order valence-corrected chi connectivity index (χ2v) is 3.38. The molecule has 0 amide bonds. The van der Waals surface area contributed by atoms with Gasteiger partial charge in [0, 0.05) is 9.75 Å². The Bertz CT molecular complexity index is 273. The van der Waals surface area contributed by atoms with Gasteiger partial charge in [-0.2, -0.15) is 0 Å². The minimum absolute atomic E-state index is 0.480. The van der Waals surface area contributed by atoms with Gasteiger partial charge in [0.15, 0.2) is 0 Å². The number of aliphatic imine (C=N–C) groups is 1. The van der Waals surface area contributed by atoms with Crippen molar-refractivity contribution < 1.29 is 4.79 Å². The number of rotatable bonds is 3. The Morgan fingerprint density at radius 1 is 1.55 bits per heavy atom. The largest absolute Gasteiger partial charge is 0.235 e. The van der Waals surface area contributed by atoms with Crippen molar-refractivity contribution in [2.75, 3.05) is 0 Å². The fourth-order valence-corrected chi connectivity index (χ4v) is 1.69. The quantitative estimate of drug-likeness (QED) is 0.501. The first-order valence-corrected chi connectivity index (χ1v) is 4.29. The molecule has 0 saturated carbocycles. The summed E-state index contributed by atoms with van der Waals surface area (Å²) >= 11 is 1.70. The minimum atomic E-state index is 0.480. The van der Waals surface area contributed by atoms with E-state index in [0.29, 0.717) is 6.54 Å². The fourth-order valence-electron chi connectivity index (χ4n) is 0.808. The van der Waals surface area contributed by atoms with E-state index in [1.165, 1.54) is 11.0 Å². The Morgan fingerprint density at radius 3 is 2.82 bits per heavy atom. The van der Waals surface area contributed by atoms with Crippen molar-refractivity contribution in [1.82, 2.24) is 0 Å². The van der Waals surface area contributed by atoms with Crippen molar-refractivity contribution in [3.8, 4) is 0 Å². The van der Waals surface area contributed by atoms with Crippen molar-refractivity contribution in [2.45, 2.75) is 19.9 Å². The maximum Gasteiger partial charge on any atom is 0.235 e. The van der Waals surface area contributed by atoms with E-state index in [2.05, 4.69) is 18.0 Å². The molecular formula is C8H9NOS. The van der Waals surface area contributed by atoms with Gasteiger partial charge in [0.2, 0.25) is 6.08 Å². The van der Waals surface area contributed by atoms with Gasteiger partial charge in [0.1, 0.15) is 0 Å². The molecule has 0 N–H and O–H groups in total. The van der Waals surface area contributed by atoms with Crippen LogP contribution in [0.1, 0.15) is 16.7 Å². The SMILES string of the molecule is CCc1ccc(CN=C=O)s1. The smallest absolute Gasteiger partial charge is 0.211 e. The summed E-state index contributed by atoms with van der Waals surface area (Å²) in [6.45, 7) is 2.59. The zero-order valence-corrected chi connectivity index (χ0v) is 7.15. The molecule has 0 radical (unpaired) electrons. The van der Waals surface area contributed by atoms with Crippen LogP contribution in [0.4, 0.5) is 0 Å². The van der Waals surface area contributed by atoms with E-state index in [-0.39, 0.29) is 0 Å². The summed E-state index contributed by atoms with van der Waals surface area (Å²) in [5.74, 6) is 0. The van der Waals surface area contributed by atoms with Crippen molar-refractivity contribution >= 4 is 17.4 Å². The van der Waals surface area contributed by atoms with E-state index in [1.807, 2.05) is 6.07 Å². The van der Waals surface area contributed by atoms with Crippen LogP contribution in [0.2, 0.25) is 0 Å². The summed E-state index contributed by atoms with van der Waals surface area (Å²) in [6, 6.07) is 4.07. The lowest BCUT2D eigenvalue weighted by atomic mass is 10.4. The van der Waals surface area contributed by atoms with Crippen molar-refractivity contribution in [2.24, 2.45) is 4.99 Å². The van der Waals surface area contributed by atoms with E-state index in [9.17, 15) is 4.79 Å². The highest BCUT2D eigenvalue weighted by molar-refractivity contribution is 7.11. The monoisotopic (exact) mass is 167 g/mol. The van der Waals surface area contributed by atoms with Gasteiger partial charge < -0.3 is 0 Å². The normalized spacial score (nSPS) is 9.18. The van der Waals surface area contributed by atoms with Gasteiger partial charge in [-0.1, -0.05) is 6.92 Å². The van der Waals surface area contributed by atoms with E-state index < -0.39 is 0 Å². The summed E-state index contributed by atoms with van der Waals surface area (Å²) in [5.41, 5.74) is 0. The first-order valence-electron chi connectivity index (χ1n) is 3.48. The number of hydrogen-bond donors (Lipinski definition) is 0. The molecule has 1 aromatic rings. The van der Waals surface area contributed by atoms with Crippen molar-refractivity contribution in [1.29, 1.82) is 0 Å². The van der Waals surface area contributed by atoms with Crippen LogP contribution in [0.3, 0.4) is 0 Å². The van der Waals surface area contributed by atoms with Gasteiger partial charge in [-0.05, 0) is 18.6 Å². The zero-order valence-electron chi connectivity index (χ0n) is 6.33. The predicted octanol–water partition coefficient (Wildman–Crippen LogP) is 2.15. The van der Waals surface area contributed by atoms with E-state index >= 15 is 0 Å². The van der Waals surface area contributed by atoms with Crippen LogP contribution in [0, 0.1) is 0 Å². The standard InChI is InChI=1S/C8H9NOS/c1-2-7-3-4-8(11-7)5-9-6-10/h3-4H,2,5H2,1H3. The van der Waals surface area contributed by atoms with Crippen LogP contribution in [-0.4, -0.2) is 6.08 Å². The lowest BCUT2D eigenvalue weighted by molar-refractivity contribution is 0.563. The molecule has 0 aliphatic rings. The fraction of sp³-hybridized carbons (Fsp3) is 0.375. The molecule has 1 rings (SSSR count). The molecule has 1 aromatic heterocycles. The first kappa shape index (κ1) is 8.18. The molecule has 0 fully saturated rings. The van der Waals surface area contributed by atoms with E-state index in [0.717, 1.165) is 11.3 Å². The molecule has 58 valence electrons. The lowest BCUT2D eigenvalue weighted by Gasteiger charge is -1.84. The third kappa shape index (κ3) is 2.30. The van der Waals surface area contributed by atoms with Crippen LogP contribution in [0.15, 0.2) is 17.1 Å². The van der Waals surface area contributed by atoms with Gasteiger partial charge in [-0.25, -0.2) is 9.79 Å². The summed E-state index contributed by atoms with van der Waals surface area (Å²) in [7, 11) is 0. The molecule has 3 heteroatoms. The maximum atomic E-state index is 9.77. The molecule has 0 spiro atoms. The minimum Gasteiger partial charge on any atom is -0.211 e. The molecule has 0 aliphatic heterocycles. The summed E-state index contributed by atoms with van der Waals surface area (Å²) in [5, 5.41) is 0. The Kier molecular flexibility index (Phi) is 3.02. The van der Waals surface area contributed by atoms with Gasteiger partial charge in [-0.15, -0.1) is 11.3 Å². The summed E-state index contributed by atoms with van der Waals surface area (Å²) in [4.78, 5) is 15.7. The van der Waals surface area contributed by atoms with Crippen LogP contribution in [0.5, 0.6) is 0 Å². The van der Waals surface area contributed by atoms with Crippen molar-refractivity contribution in [3.63, 3.8) is 0 Å². The third-order valence-corrected chi connectivity index (χ3v) is 2.58. The molecule has 0 unspecified atom stereocenters. The van der Waals surface area contributed by atoms with Crippen LogP contribution >= 0.6 is 11.3 Å². The molecule has 0 saturated heterocycles. The Balaban J connectivity index is 2.64. The van der Waals surface area contributed by atoms with Gasteiger partial charge >= 0.3 is 0 Å². The zero-order chi connectivity index (χ0) is 8.10. The molecule has 11 heavy (non-hydrogen) atoms. The average molecular weight is 167 g/mol. The number of hydrogen-bond acceptors (Lipinski definition) is 3. The topological polar surface area (TPSA) is 29.4 Å². The second kappa shape index (κ2) is 4.06. The molecule has 0 bridgehead atoms. The van der Waals surface area contributed by atoms with Crippen LogP contribution < -0.4 is 0 Å². The number of aryl methyl sites for hydroxylation is 1. The van der Waals surface area contributed by atoms with Crippen molar-refractivity contribution in [3.05, 3.63) is 21.9 Å². The summed E-state index contributed by atoms with van der Waals surface area (Å²) < 4.78 is 0. The predicted molar refractivity (Wildman–Crippen MR) is 45.5 cm³/mol. The highest BCUT2D eigenvalue weighted by Crippen LogP contribution is 2.17. The molecule has 0 atom stereocenters. The Morgan fingerprint density at radius 2 is 2.27 bits per heavy atom. The molecular weight excluding hydrogens is 158 g/mol. The molecule has 0 aliphatic carbocycles. The summed E-state index contributed by atoms with van der Waals surface area (Å²) in [6.07, 6.45) is 2.58. The van der Waals surface area contributed by atoms with Gasteiger partial charge in [-0.3, -0.25) is 0 Å². The second-order valence-electron chi connectivity index (χ2n) is 2.13. The molecule has 2 nitrogen and oxygen atoms in total. The van der Waals surface area contributed by atoms with Gasteiger partial charge in [0.25, 0.3) is 0 Å². The number of thiophene rings is 1. The highest BCUT2D eigenvalue weighted by Gasteiger charge is 1.95. The number of isocyanates is 1. The average Bonchev–Trinajstić information content (AvgIpc) is 2.48. The number of nitrogens with zero attached hydrogens (tertiary/aromatic N) is 1. The maximum absolute atomic E-state index is 9.77. The lowest BCUT2D eigenvalue weighted by Crippen LogP contribution is -1.70. The Hall–Kier alpha value is -0.920. The van der Waals surface area contributed by atoms with Gasteiger partial charge in [0.05, 0.1) is 6.54 Å². The highest BCUT2D eigenvalue weighted by atomic mass is 32.1. The van der Waals surface area contributed by atoms with Crippen LogP contribution in [-0.2, 0) is 17.8 Å². The molecule has 1 heterocycles. The molecule has 0 aromatic carbocycles.